The molecule has 0 saturated carbocycles. The maximum atomic E-state index is 12.2. The summed E-state index contributed by atoms with van der Waals surface area (Å²) in [5, 5.41) is 9.98. The summed E-state index contributed by atoms with van der Waals surface area (Å²) in [5.41, 5.74) is 4.72. The third kappa shape index (κ3) is 4.45. The van der Waals surface area contributed by atoms with Crippen molar-refractivity contribution in [1.29, 1.82) is 0 Å². The van der Waals surface area contributed by atoms with Crippen LogP contribution in [0.25, 0.3) is 11.4 Å². The highest BCUT2D eigenvalue weighted by Crippen LogP contribution is 2.32. The number of fused-ring (bicyclic) bond motifs is 1. The van der Waals surface area contributed by atoms with Crippen molar-refractivity contribution in [3.05, 3.63) is 77.8 Å². The van der Waals surface area contributed by atoms with Gasteiger partial charge in [-0.05, 0) is 65.4 Å². The lowest BCUT2D eigenvalue weighted by Gasteiger charge is -2.10. The maximum Gasteiger partial charge on any atom is 0.315 e. The fourth-order valence-corrected chi connectivity index (χ4v) is 3.40. The molecule has 29 heavy (non-hydrogen) atoms. The van der Waals surface area contributed by atoms with Crippen LogP contribution in [-0.2, 0) is 13.0 Å². The van der Waals surface area contributed by atoms with E-state index in [2.05, 4.69) is 38.9 Å². The Balaban J connectivity index is 1.25. The molecule has 0 aliphatic heterocycles. The summed E-state index contributed by atoms with van der Waals surface area (Å²) in [6.07, 6.45) is 9.18. The summed E-state index contributed by atoms with van der Waals surface area (Å²) >= 11 is 0. The number of allylic oxidation sites excluding steroid dienone is 1. The van der Waals surface area contributed by atoms with Crippen molar-refractivity contribution in [3.63, 3.8) is 0 Å². The standard InChI is InChI=1S/C22H23N5O2/c1-29-19-6-5-17-3-4-18(20(17)14-19)8-11-24-22(28)25-15-16-7-10-23-21(13-16)27-12-2-9-26-27/h2,4-7,9-10,12-14H,3,8,11,15H2,1H3,(H2,24,25,28). The molecule has 0 spiro atoms. The highest BCUT2D eigenvalue weighted by molar-refractivity contribution is 5.76. The van der Waals surface area contributed by atoms with Crippen molar-refractivity contribution in [2.75, 3.05) is 13.7 Å². The van der Waals surface area contributed by atoms with Crippen molar-refractivity contribution in [1.82, 2.24) is 25.4 Å². The quantitative estimate of drug-likeness (QED) is 0.651. The number of ether oxygens (including phenoxy) is 1. The molecule has 3 aromatic rings. The van der Waals surface area contributed by atoms with Gasteiger partial charge in [0.2, 0.25) is 0 Å². The van der Waals surface area contributed by atoms with Gasteiger partial charge in [0.05, 0.1) is 7.11 Å². The van der Waals surface area contributed by atoms with Crippen LogP contribution in [0.15, 0.2) is 61.1 Å². The number of benzene rings is 1. The fraction of sp³-hybridized carbons (Fsp3) is 0.227. The van der Waals surface area contributed by atoms with Gasteiger partial charge in [-0.15, -0.1) is 0 Å². The molecule has 0 bridgehead atoms. The molecule has 0 saturated heterocycles. The molecule has 2 aromatic heterocycles. The van der Waals surface area contributed by atoms with Crippen LogP contribution in [-0.4, -0.2) is 34.5 Å². The molecule has 7 heteroatoms. The van der Waals surface area contributed by atoms with Gasteiger partial charge in [0.1, 0.15) is 5.75 Å². The highest BCUT2D eigenvalue weighted by Gasteiger charge is 2.15. The van der Waals surface area contributed by atoms with Gasteiger partial charge in [-0.1, -0.05) is 12.1 Å². The van der Waals surface area contributed by atoms with Crippen LogP contribution in [0.1, 0.15) is 23.1 Å². The second-order valence-electron chi connectivity index (χ2n) is 6.79. The van der Waals surface area contributed by atoms with E-state index in [9.17, 15) is 4.79 Å². The number of aromatic nitrogens is 3. The van der Waals surface area contributed by atoms with Gasteiger partial charge in [0, 0.05) is 31.7 Å². The smallest absolute Gasteiger partial charge is 0.315 e. The topological polar surface area (TPSA) is 81.1 Å². The average Bonchev–Trinajstić information content (AvgIpc) is 3.42. The number of carbonyl (C=O) groups excluding carboxylic acids is 1. The Hall–Kier alpha value is -3.61. The second-order valence-corrected chi connectivity index (χ2v) is 6.79. The molecule has 4 rings (SSSR count). The zero-order valence-electron chi connectivity index (χ0n) is 16.3. The first-order chi connectivity index (χ1) is 14.2. The van der Waals surface area contributed by atoms with E-state index < -0.39 is 0 Å². The SMILES string of the molecule is COc1ccc2c(c1)C(CCNC(=O)NCc1ccnc(-n3cccn3)c1)=CC2. The summed E-state index contributed by atoms with van der Waals surface area (Å²) in [6.45, 7) is 0.995. The van der Waals surface area contributed by atoms with E-state index in [0.29, 0.717) is 13.1 Å². The molecule has 1 aromatic carbocycles. The summed E-state index contributed by atoms with van der Waals surface area (Å²) in [4.78, 5) is 16.4. The number of amides is 2. The van der Waals surface area contributed by atoms with E-state index in [1.165, 1.54) is 16.7 Å². The van der Waals surface area contributed by atoms with Crippen LogP contribution in [0, 0.1) is 0 Å². The molecule has 0 unspecified atom stereocenters. The lowest BCUT2D eigenvalue weighted by Crippen LogP contribution is -2.35. The van der Waals surface area contributed by atoms with Gasteiger partial charge < -0.3 is 15.4 Å². The molecule has 0 fully saturated rings. The summed E-state index contributed by atoms with van der Waals surface area (Å²) in [7, 11) is 1.67. The molecule has 1 aliphatic carbocycles. The van der Waals surface area contributed by atoms with Crippen molar-refractivity contribution in [3.8, 4) is 11.6 Å². The van der Waals surface area contributed by atoms with Gasteiger partial charge in [-0.25, -0.2) is 14.5 Å². The van der Waals surface area contributed by atoms with E-state index >= 15 is 0 Å². The van der Waals surface area contributed by atoms with Gasteiger partial charge in [0.15, 0.2) is 5.82 Å². The summed E-state index contributed by atoms with van der Waals surface area (Å²) < 4.78 is 7.01. The molecule has 148 valence electrons. The molecule has 1 aliphatic rings. The van der Waals surface area contributed by atoms with Crippen LogP contribution < -0.4 is 15.4 Å². The third-order valence-corrected chi connectivity index (χ3v) is 4.91. The monoisotopic (exact) mass is 389 g/mol. The minimum Gasteiger partial charge on any atom is -0.497 e. The van der Waals surface area contributed by atoms with E-state index in [4.69, 9.17) is 4.74 Å². The molecule has 2 amide bonds. The first-order valence-electron chi connectivity index (χ1n) is 9.56. The van der Waals surface area contributed by atoms with Crippen LogP contribution in [0.5, 0.6) is 5.75 Å². The number of carbonyl (C=O) groups is 1. The lowest BCUT2D eigenvalue weighted by molar-refractivity contribution is 0.240. The van der Waals surface area contributed by atoms with Crippen LogP contribution in [0.2, 0.25) is 0 Å². The van der Waals surface area contributed by atoms with Crippen molar-refractivity contribution in [2.45, 2.75) is 19.4 Å². The van der Waals surface area contributed by atoms with E-state index in [-0.39, 0.29) is 6.03 Å². The van der Waals surface area contributed by atoms with Crippen molar-refractivity contribution in [2.24, 2.45) is 0 Å². The van der Waals surface area contributed by atoms with Gasteiger partial charge in [-0.3, -0.25) is 0 Å². The molecule has 0 radical (unpaired) electrons. The Bertz CT molecular complexity index is 1030. The molecular weight excluding hydrogens is 366 g/mol. The number of rotatable bonds is 7. The Kier molecular flexibility index (Phi) is 5.56. The number of urea groups is 1. The van der Waals surface area contributed by atoms with Crippen molar-refractivity contribution >= 4 is 11.6 Å². The van der Waals surface area contributed by atoms with Crippen LogP contribution in [0.4, 0.5) is 4.79 Å². The number of methoxy groups -OCH3 is 1. The predicted octanol–water partition coefficient (Wildman–Crippen LogP) is 3.10. The predicted molar refractivity (Wildman–Crippen MR) is 111 cm³/mol. The van der Waals surface area contributed by atoms with E-state index in [0.717, 1.165) is 30.0 Å². The van der Waals surface area contributed by atoms with E-state index in [1.54, 1.807) is 24.2 Å². The Morgan fingerprint density at radius 1 is 1.21 bits per heavy atom. The molecular formula is C22H23N5O2. The normalized spacial score (nSPS) is 12.2. The first-order valence-corrected chi connectivity index (χ1v) is 9.56. The fourth-order valence-electron chi connectivity index (χ4n) is 3.40. The molecule has 2 N–H and O–H groups in total. The second kappa shape index (κ2) is 8.60. The Morgan fingerprint density at radius 2 is 2.14 bits per heavy atom. The summed E-state index contributed by atoms with van der Waals surface area (Å²) in [5.74, 6) is 1.58. The number of nitrogens with one attached hydrogen (secondary N) is 2. The molecule has 2 heterocycles. The lowest BCUT2D eigenvalue weighted by atomic mass is 10.0. The number of pyridine rings is 1. The Morgan fingerprint density at radius 3 is 2.97 bits per heavy atom. The largest absolute Gasteiger partial charge is 0.497 e. The number of hydrogen-bond acceptors (Lipinski definition) is 4. The van der Waals surface area contributed by atoms with E-state index in [1.807, 2.05) is 30.5 Å². The average molecular weight is 389 g/mol. The molecule has 0 atom stereocenters. The van der Waals surface area contributed by atoms with Gasteiger partial charge in [0.25, 0.3) is 0 Å². The zero-order valence-corrected chi connectivity index (χ0v) is 16.3. The highest BCUT2D eigenvalue weighted by atomic mass is 16.5. The first kappa shape index (κ1) is 18.7. The number of nitrogens with zero attached hydrogens (tertiary/aromatic N) is 3. The minimum absolute atomic E-state index is 0.188. The third-order valence-electron chi connectivity index (χ3n) is 4.91. The summed E-state index contributed by atoms with van der Waals surface area (Å²) in [6, 6.07) is 11.6. The zero-order chi connectivity index (χ0) is 20.1. The minimum atomic E-state index is -0.188. The molecule has 7 nitrogen and oxygen atoms in total. The van der Waals surface area contributed by atoms with Gasteiger partial charge >= 0.3 is 6.03 Å². The Labute approximate surface area is 169 Å². The maximum absolute atomic E-state index is 12.2. The van der Waals surface area contributed by atoms with Crippen LogP contribution >= 0.6 is 0 Å². The van der Waals surface area contributed by atoms with Gasteiger partial charge in [-0.2, -0.15) is 5.10 Å². The van der Waals surface area contributed by atoms with Crippen molar-refractivity contribution < 1.29 is 9.53 Å². The number of hydrogen-bond donors (Lipinski definition) is 2. The van der Waals surface area contributed by atoms with Crippen LogP contribution in [0.3, 0.4) is 0 Å².